The summed E-state index contributed by atoms with van der Waals surface area (Å²) >= 11 is 0. The Labute approximate surface area is 169 Å². The van der Waals surface area contributed by atoms with Gasteiger partial charge in [0.15, 0.2) is 0 Å². The number of carboxylic acid groups (broad SMARTS) is 1. The molecule has 0 unspecified atom stereocenters. The number of aromatic nitrogens is 1. The van der Waals surface area contributed by atoms with Crippen LogP contribution in [-0.4, -0.2) is 78.1 Å². The minimum absolute atomic E-state index is 0.0669. The number of ether oxygens (including phenoxy) is 3. The van der Waals surface area contributed by atoms with Crippen LogP contribution in [0.3, 0.4) is 0 Å². The van der Waals surface area contributed by atoms with Gasteiger partial charge in [-0.1, -0.05) is 6.07 Å². The Morgan fingerprint density at radius 1 is 1.17 bits per heavy atom. The highest BCUT2D eigenvalue weighted by Gasteiger charge is 2.49. The van der Waals surface area contributed by atoms with Crippen LogP contribution in [0.1, 0.15) is 26.5 Å². The third kappa shape index (κ3) is 6.99. The number of nitrogens with zero attached hydrogens (tertiary/aromatic N) is 2. The first-order valence-electron chi connectivity index (χ1n) is 9.19. The van der Waals surface area contributed by atoms with E-state index in [4.69, 9.17) is 19.3 Å². The summed E-state index contributed by atoms with van der Waals surface area (Å²) in [6.07, 6.45) is 1.17. The van der Waals surface area contributed by atoms with Crippen molar-refractivity contribution in [3.05, 3.63) is 30.1 Å². The average molecular weight is 409 g/mol. The smallest absolute Gasteiger partial charge is 0.410 e. The van der Waals surface area contributed by atoms with Crippen molar-refractivity contribution in [1.82, 2.24) is 15.2 Å². The summed E-state index contributed by atoms with van der Waals surface area (Å²) in [5.74, 6) is -1.45. The van der Waals surface area contributed by atoms with Crippen LogP contribution in [0, 0.1) is 0 Å². The van der Waals surface area contributed by atoms with E-state index in [0.717, 1.165) is 0 Å². The molecule has 1 saturated heterocycles. The molecule has 29 heavy (non-hydrogen) atoms. The molecule has 1 fully saturated rings. The normalized spacial score (nSPS) is 15.3. The molecule has 0 aromatic carbocycles. The molecule has 160 valence electrons. The average Bonchev–Trinajstić information content (AvgIpc) is 2.59. The zero-order valence-electron chi connectivity index (χ0n) is 16.8. The monoisotopic (exact) mass is 409 g/mol. The molecule has 0 aliphatic carbocycles. The van der Waals surface area contributed by atoms with Crippen molar-refractivity contribution in [3.8, 4) is 0 Å². The molecule has 2 rings (SSSR count). The predicted octanol–water partition coefficient (Wildman–Crippen LogP) is 0.762. The maximum Gasteiger partial charge on any atom is 0.410 e. The maximum atomic E-state index is 12.3. The van der Waals surface area contributed by atoms with E-state index in [2.05, 4.69) is 10.3 Å². The van der Waals surface area contributed by atoms with Gasteiger partial charge in [0.2, 0.25) is 5.91 Å². The molecular weight excluding hydrogens is 382 g/mol. The van der Waals surface area contributed by atoms with Crippen molar-refractivity contribution < 1.29 is 33.7 Å². The molecule has 1 aliphatic heterocycles. The zero-order valence-corrected chi connectivity index (χ0v) is 16.8. The Kier molecular flexibility index (Phi) is 7.52. The van der Waals surface area contributed by atoms with Crippen molar-refractivity contribution in [2.75, 3.05) is 39.5 Å². The quantitative estimate of drug-likeness (QED) is 0.572. The Morgan fingerprint density at radius 2 is 1.83 bits per heavy atom. The van der Waals surface area contributed by atoms with Crippen molar-refractivity contribution in [3.63, 3.8) is 0 Å². The zero-order chi connectivity index (χ0) is 21.5. The second-order valence-electron chi connectivity index (χ2n) is 7.68. The molecule has 0 bridgehead atoms. The Bertz CT molecular complexity index is 712. The highest BCUT2D eigenvalue weighted by Crippen LogP contribution is 2.32. The van der Waals surface area contributed by atoms with Crippen LogP contribution < -0.4 is 5.32 Å². The molecule has 2 heterocycles. The summed E-state index contributed by atoms with van der Waals surface area (Å²) in [4.78, 5) is 40.8. The summed E-state index contributed by atoms with van der Waals surface area (Å²) in [7, 11) is 0. The first-order chi connectivity index (χ1) is 13.6. The fourth-order valence-electron chi connectivity index (χ4n) is 2.76. The number of likely N-dealkylation sites (tertiary alicyclic amines) is 1. The number of carbonyl (C=O) groups excluding carboxylic acids is 2. The van der Waals surface area contributed by atoms with Gasteiger partial charge in [-0.2, -0.15) is 0 Å². The summed E-state index contributed by atoms with van der Waals surface area (Å²) in [5, 5.41) is 11.4. The molecule has 1 aliphatic rings. The number of hydrogen-bond acceptors (Lipinski definition) is 7. The summed E-state index contributed by atoms with van der Waals surface area (Å²) in [5.41, 5.74) is -0.795. The third-order valence-corrected chi connectivity index (χ3v) is 3.94. The van der Waals surface area contributed by atoms with E-state index in [1.165, 1.54) is 4.90 Å². The fraction of sp³-hybridized carbons (Fsp3) is 0.579. The highest BCUT2D eigenvalue weighted by atomic mass is 16.6. The van der Waals surface area contributed by atoms with Crippen LogP contribution in [0.4, 0.5) is 4.79 Å². The van der Waals surface area contributed by atoms with Crippen LogP contribution >= 0.6 is 0 Å². The molecule has 10 nitrogen and oxygen atoms in total. The second kappa shape index (κ2) is 9.66. The van der Waals surface area contributed by atoms with E-state index in [-0.39, 0.29) is 38.8 Å². The number of amides is 2. The molecule has 0 radical (unpaired) electrons. The number of carboxylic acids is 1. The van der Waals surface area contributed by atoms with E-state index in [1.807, 2.05) is 6.07 Å². The van der Waals surface area contributed by atoms with Gasteiger partial charge in [-0.05, 0) is 32.9 Å². The minimum Gasteiger partial charge on any atom is -0.480 e. The molecule has 1 aromatic heterocycles. The van der Waals surface area contributed by atoms with Gasteiger partial charge in [-0.25, -0.2) is 9.59 Å². The van der Waals surface area contributed by atoms with Gasteiger partial charge >= 0.3 is 12.1 Å². The number of hydrogen-bond donors (Lipinski definition) is 2. The van der Waals surface area contributed by atoms with Crippen molar-refractivity contribution in [2.24, 2.45) is 0 Å². The van der Waals surface area contributed by atoms with Gasteiger partial charge < -0.3 is 29.5 Å². The minimum atomic E-state index is -1.07. The molecule has 2 N–H and O–H groups in total. The molecule has 0 spiro atoms. The van der Waals surface area contributed by atoms with E-state index in [0.29, 0.717) is 5.69 Å². The van der Waals surface area contributed by atoms with Crippen LogP contribution in [0.25, 0.3) is 0 Å². The largest absolute Gasteiger partial charge is 0.480 e. The highest BCUT2D eigenvalue weighted by molar-refractivity contribution is 5.79. The lowest BCUT2D eigenvalue weighted by molar-refractivity contribution is -0.143. The molecule has 2 amide bonds. The maximum absolute atomic E-state index is 12.3. The van der Waals surface area contributed by atoms with Gasteiger partial charge in [-0.3, -0.25) is 9.78 Å². The van der Waals surface area contributed by atoms with Crippen molar-refractivity contribution in [2.45, 2.75) is 31.9 Å². The Balaban J connectivity index is 1.89. The number of carbonyl (C=O) groups is 3. The van der Waals surface area contributed by atoms with Gasteiger partial charge in [0.25, 0.3) is 0 Å². The lowest BCUT2D eigenvalue weighted by Crippen LogP contribution is -2.69. The lowest BCUT2D eigenvalue weighted by atomic mass is 9.86. The summed E-state index contributed by atoms with van der Waals surface area (Å²) in [6, 6.07) is 5.36. The summed E-state index contributed by atoms with van der Waals surface area (Å²) in [6.45, 7) is 5.33. The number of pyridine rings is 1. The van der Waals surface area contributed by atoms with Crippen LogP contribution in [0.5, 0.6) is 0 Å². The van der Waals surface area contributed by atoms with E-state index in [9.17, 15) is 14.4 Å². The molecule has 1 aromatic rings. The van der Waals surface area contributed by atoms with Crippen LogP contribution in [0.2, 0.25) is 0 Å². The van der Waals surface area contributed by atoms with Gasteiger partial charge in [0.1, 0.15) is 24.4 Å². The Morgan fingerprint density at radius 3 is 2.38 bits per heavy atom. The third-order valence-electron chi connectivity index (χ3n) is 3.94. The van der Waals surface area contributed by atoms with Gasteiger partial charge in [0, 0.05) is 6.20 Å². The van der Waals surface area contributed by atoms with Gasteiger partial charge in [-0.15, -0.1) is 0 Å². The first kappa shape index (κ1) is 22.6. The number of rotatable bonds is 9. The van der Waals surface area contributed by atoms with Crippen LogP contribution in [0.15, 0.2) is 24.4 Å². The standard InChI is InChI=1S/C19H27N3O7/c1-18(2,3)29-17(26)22-12-19(13-22,14-6-4-5-7-20-14)21-15(23)10-27-8-9-28-11-16(24)25/h4-7H,8-13H2,1-3H3,(H,21,23)(H,24,25). The Hall–Kier alpha value is -2.72. The predicted molar refractivity (Wildman–Crippen MR) is 101 cm³/mol. The van der Waals surface area contributed by atoms with Crippen molar-refractivity contribution in [1.29, 1.82) is 0 Å². The molecule has 0 atom stereocenters. The van der Waals surface area contributed by atoms with Gasteiger partial charge in [0.05, 0.1) is 32.0 Å². The van der Waals surface area contributed by atoms with Crippen molar-refractivity contribution >= 4 is 18.0 Å². The second-order valence-corrected chi connectivity index (χ2v) is 7.68. The van der Waals surface area contributed by atoms with E-state index in [1.54, 1.807) is 39.1 Å². The van der Waals surface area contributed by atoms with E-state index < -0.39 is 29.8 Å². The molecular formula is C19H27N3O7. The fourth-order valence-corrected chi connectivity index (χ4v) is 2.76. The SMILES string of the molecule is CC(C)(C)OC(=O)N1CC(NC(=O)COCCOCC(=O)O)(c2ccccn2)C1. The lowest BCUT2D eigenvalue weighted by Gasteiger charge is -2.49. The molecule has 10 heteroatoms. The van der Waals surface area contributed by atoms with Crippen LogP contribution in [-0.2, 0) is 29.3 Å². The summed E-state index contributed by atoms with van der Waals surface area (Å²) < 4.78 is 15.4. The van der Waals surface area contributed by atoms with E-state index >= 15 is 0 Å². The first-order valence-corrected chi connectivity index (χ1v) is 9.19. The topological polar surface area (TPSA) is 127 Å². The number of aliphatic carboxylic acids is 1. The number of nitrogens with one attached hydrogen (secondary N) is 1. The molecule has 0 saturated carbocycles.